The van der Waals surface area contributed by atoms with Crippen LogP contribution >= 0.6 is 0 Å². The second kappa shape index (κ2) is 8.76. The standard InChI is InChI=1S/C21H21N3O2/c1-2-17(26-18-8-4-3-5-9-18)14-24-21(25)20-11-7-6-10-19(20)16-12-22-15-23-13-16/h3-13,15,17H,2,14H2,1H3,(H,24,25)/t17-/m0/s1. The minimum Gasteiger partial charge on any atom is -0.489 e. The lowest BCUT2D eigenvalue weighted by Crippen LogP contribution is -2.35. The number of hydrogen-bond donors (Lipinski definition) is 1. The molecule has 5 heteroatoms. The van der Waals surface area contributed by atoms with Crippen LogP contribution in [0, 0.1) is 0 Å². The zero-order valence-electron chi connectivity index (χ0n) is 14.6. The molecule has 1 N–H and O–H groups in total. The lowest BCUT2D eigenvalue weighted by Gasteiger charge is -2.18. The normalized spacial score (nSPS) is 11.6. The lowest BCUT2D eigenvalue weighted by molar-refractivity contribution is 0.0926. The highest BCUT2D eigenvalue weighted by Crippen LogP contribution is 2.22. The summed E-state index contributed by atoms with van der Waals surface area (Å²) in [4.78, 5) is 20.8. The molecule has 0 spiro atoms. The van der Waals surface area contributed by atoms with Gasteiger partial charge >= 0.3 is 0 Å². The molecular weight excluding hydrogens is 326 g/mol. The van der Waals surface area contributed by atoms with Crippen molar-refractivity contribution < 1.29 is 9.53 Å². The molecular formula is C21H21N3O2. The van der Waals surface area contributed by atoms with E-state index in [1.807, 2.05) is 55.5 Å². The predicted molar refractivity (Wildman–Crippen MR) is 101 cm³/mol. The molecule has 1 heterocycles. The molecule has 26 heavy (non-hydrogen) atoms. The molecule has 0 unspecified atom stereocenters. The van der Waals surface area contributed by atoms with Gasteiger partial charge in [0, 0.05) is 23.5 Å². The SMILES string of the molecule is CC[C@@H](CNC(=O)c1ccccc1-c1cncnc1)Oc1ccccc1. The highest BCUT2D eigenvalue weighted by molar-refractivity contribution is 6.00. The summed E-state index contributed by atoms with van der Waals surface area (Å²) < 4.78 is 5.93. The molecule has 1 aromatic heterocycles. The van der Waals surface area contributed by atoms with Crippen LogP contribution in [-0.4, -0.2) is 28.5 Å². The maximum atomic E-state index is 12.7. The van der Waals surface area contributed by atoms with E-state index in [1.165, 1.54) is 6.33 Å². The van der Waals surface area contributed by atoms with Crippen molar-refractivity contribution in [3.05, 3.63) is 78.9 Å². The first-order chi connectivity index (χ1) is 12.8. The minimum absolute atomic E-state index is 0.0893. The Kier molecular flexibility index (Phi) is 5.93. The Bertz CT molecular complexity index is 838. The van der Waals surface area contributed by atoms with Gasteiger partial charge in [0.25, 0.3) is 5.91 Å². The van der Waals surface area contributed by atoms with E-state index in [0.717, 1.165) is 23.3 Å². The zero-order valence-corrected chi connectivity index (χ0v) is 14.6. The van der Waals surface area contributed by atoms with Gasteiger partial charge in [0.15, 0.2) is 0 Å². The van der Waals surface area contributed by atoms with Gasteiger partial charge in [-0.15, -0.1) is 0 Å². The molecule has 2 aromatic carbocycles. The summed E-state index contributed by atoms with van der Waals surface area (Å²) in [5, 5.41) is 2.98. The third-order valence-corrected chi connectivity index (χ3v) is 4.03. The molecule has 0 fully saturated rings. The number of para-hydroxylation sites is 1. The number of benzene rings is 2. The fourth-order valence-electron chi connectivity index (χ4n) is 2.63. The van der Waals surface area contributed by atoms with Crippen molar-refractivity contribution in [2.75, 3.05) is 6.54 Å². The number of nitrogens with zero attached hydrogens (tertiary/aromatic N) is 2. The Hall–Kier alpha value is -3.21. The molecule has 0 saturated carbocycles. The number of hydrogen-bond acceptors (Lipinski definition) is 4. The van der Waals surface area contributed by atoms with Gasteiger partial charge in [-0.2, -0.15) is 0 Å². The van der Waals surface area contributed by atoms with E-state index in [1.54, 1.807) is 18.5 Å². The van der Waals surface area contributed by atoms with Crippen LogP contribution in [-0.2, 0) is 0 Å². The monoisotopic (exact) mass is 347 g/mol. The number of amides is 1. The summed E-state index contributed by atoms with van der Waals surface area (Å²) in [5.74, 6) is 0.662. The fraction of sp³-hybridized carbons (Fsp3) is 0.190. The molecule has 1 atom stereocenters. The van der Waals surface area contributed by atoms with Crippen LogP contribution in [0.3, 0.4) is 0 Å². The Labute approximate surface area is 153 Å². The van der Waals surface area contributed by atoms with E-state index < -0.39 is 0 Å². The quantitative estimate of drug-likeness (QED) is 0.707. The maximum absolute atomic E-state index is 12.7. The Morgan fingerprint density at radius 3 is 2.46 bits per heavy atom. The first-order valence-electron chi connectivity index (χ1n) is 8.62. The molecule has 5 nitrogen and oxygen atoms in total. The van der Waals surface area contributed by atoms with Gasteiger partial charge in [-0.05, 0) is 30.2 Å². The fourth-order valence-corrected chi connectivity index (χ4v) is 2.63. The van der Waals surface area contributed by atoms with Crippen molar-refractivity contribution in [2.24, 2.45) is 0 Å². The summed E-state index contributed by atoms with van der Waals surface area (Å²) in [6, 6.07) is 17.1. The highest BCUT2D eigenvalue weighted by atomic mass is 16.5. The molecule has 1 amide bonds. The van der Waals surface area contributed by atoms with Crippen molar-refractivity contribution in [2.45, 2.75) is 19.4 Å². The maximum Gasteiger partial charge on any atom is 0.252 e. The van der Waals surface area contributed by atoms with E-state index in [-0.39, 0.29) is 12.0 Å². The van der Waals surface area contributed by atoms with Crippen LogP contribution in [0.2, 0.25) is 0 Å². The second-order valence-electron chi connectivity index (χ2n) is 5.84. The van der Waals surface area contributed by atoms with E-state index in [2.05, 4.69) is 15.3 Å². The topological polar surface area (TPSA) is 64.1 Å². The molecule has 0 saturated heterocycles. The van der Waals surface area contributed by atoms with E-state index in [4.69, 9.17) is 4.74 Å². The summed E-state index contributed by atoms with van der Waals surface area (Å²) in [6.07, 6.45) is 5.58. The Balaban J connectivity index is 1.68. The van der Waals surface area contributed by atoms with Gasteiger partial charge in [0.1, 0.15) is 18.2 Å². The summed E-state index contributed by atoms with van der Waals surface area (Å²) >= 11 is 0. The van der Waals surface area contributed by atoms with Crippen LogP contribution in [0.5, 0.6) is 5.75 Å². The van der Waals surface area contributed by atoms with Crippen LogP contribution in [0.4, 0.5) is 0 Å². The molecule has 0 aliphatic rings. The van der Waals surface area contributed by atoms with Crippen molar-refractivity contribution in [1.29, 1.82) is 0 Å². The first-order valence-corrected chi connectivity index (χ1v) is 8.62. The molecule has 3 aromatic rings. The Morgan fingerprint density at radius 1 is 1.04 bits per heavy atom. The largest absolute Gasteiger partial charge is 0.489 e. The van der Waals surface area contributed by atoms with Gasteiger partial charge in [-0.25, -0.2) is 9.97 Å². The summed E-state index contributed by atoms with van der Waals surface area (Å²) in [5.41, 5.74) is 2.21. The van der Waals surface area contributed by atoms with Crippen molar-refractivity contribution in [1.82, 2.24) is 15.3 Å². The number of nitrogens with one attached hydrogen (secondary N) is 1. The molecule has 0 radical (unpaired) electrons. The van der Waals surface area contributed by atoms with E-state index in [9.17, 15) is 4.79 Å². The number of aromatic nitrogens is 2. The average Bonchev–Trinajstić information content (AvgIpc) is 2.72. The molecule has 0 bridgehead atoms. The number of carbonyl (C=O) groups is 1. The second-order valence-corrected chi connectivity index (χ2v) is 5.84. The molecule has 3 rings (SSSR count). The third kappa shape index (κ3) is 4.45. The third-order valence-electron chi connectivity index (χ3n) is 4.03. The average molecular weight is 347 g/mol. The number of carbonyl (C=O) groups excluding carboxylic acids is 1. The predicted octanol–water partition coefficient (Wildman–Crippen LogP) is 3.73. The van der Waals surface area contributed by atoms with E-state index in [0.29, 0.717) is 12.1 Å². The highest BCUT2D eigenvalue weighted by Gasteiger charge is 2.15. The number of ether oxygens (including phenoxy) is 1. The molecule has 0 aliphatic carbocycles. The minimum atomic E-state index is -0.139. The van der Waals surface area contributed by atoms with Gasteiger partial charge in [-0.1, -0.05) is 43.3 Å². The van der Waals surface area contributed by atoms with Crippen molar-refractivity contribution >= 4 is 5.91 Å². The summed E-state index contributed by atoms with van der Waals surface area (Å²) in [7, 11) is 0. The van der Waals surface area contributed by atoms with Crippen LogP contribution in [0.25, 0.3) is 11.1 Å². The van der Waals surface area contributed by atoms with Crippen LogP contribution < -0.4 is 10.1 Å². The molecule has 132 valence electrons. The van der Waals surface area contributed by atoms with Crippen molar-refractivity contribution in [3.8, 4) is 16.9 Å². The van der Waals surface area contributed by atoms with Crippen LogP contribution in [0.15, 0.2) is 73.3 Å². The Morgan fingerprint density at radius 2 is 1.73 bits per heavy atom. The van der Waals surface area contributed by atoms with Gasteiger partial charge in [0.05, 0.1) is 6.54 Å². The molecule has 0 aliphatic heterocycles. The van der Waals surface area contributed by atoms with Crippen LogP contribution in [0.1, 0.15) is 23.7 Å². The van der Waals surface area contributed by atoms with Crippen molar-refractivity contribution in [3.63, 3.8) is 0 Å². The number of rotatable bonds is 7. The van der Waals surface area contributed by atoms with Gasteiger partial charge < -0.3 is 10.1 Å². The van der Waals surface area contributed by atoms with Gasteiger partial charge in [0.2, 0.25) is 0 Å². The van der Waals surface area contributed by atoms with E-state index >= 15 is 0 Å². The lowest BCUT2D eigenvalue weighted by atomic mass is 10.0. The first kappa shape index (κ1) is 17.6. The van der Waals surface area contributed by atoms with Gasteiger partial charge in [-0.3, -0.25) is 4.79 Å². The zero-order chi connectivity index (χ0) is 18.2. The summed E-state index contributed by atoms with van der Waals surface area (Å²) in [6.45, 7) is 2.47. The smallest absolute Gasteiger partial charge is 0.252 e.